The van der Waals surface area contributed by atoms with Crippen LogP contribution < -0.4 is 5.32 Å². The van der Waals surface area contributed by atoms with Crippen molar-refractivity contribution in [2.75, 3.05) is 5.32 Å². The molecule has 0 bridgehead atoms. The number of aromatic nitrogens is 3. The Kier molecular flexibility index (Phi) is 4.36. The average molecular weight is 341 g/mol. The molecule has 0 radical (unpaired) electrons. The number of anilines is 1. The highest BCUT2D eigenvalue weighted by Gasteiger charge is 2.18. The van der Waals surface area contributed by atoms with Gasteiger partial charge in [-0.1, -0.05) is 35.0 Å². The van der Waals surface area contributed by atoms with Crippen LogP contribution in [0.2, 0.25) is 5.02 Å². The van der Waals surface area contributed by atoms with Gasteiger partial charge in [0.05, 0.1) is 11.4 Å². The summed E-state index contributed by atoms with van der Waals surface area (Å²) in [5.74, 6) is -0.288. The van der Waals surface area contributed by atoms with E-state index in [2.05, 4.69) is 15.6 Å². The van der Waals surface area contributed by atoms with Crippen molar-refractivity contribution in [1.82, 2.24) is 15.0 Å². The molecule has 0 spiro atoms. The highest BCUT2D eigenvalue weighted by molar-refractivity contribution is 6.30. The Morgan fingerprint density at radius 1 is 1.12 bits per heavy atom. The molecular formula is C18H17ClN4O. The number of carbonyl (C=O) groups excluding carboxylic acids is 1. The van der Waals surface area contributed by atoms with Gasteiger partial charge in [-0.05, 0) is 56.2 Å². The third-order valence-corrected chi connectivity index (χ3v) is 4.02. The number of hydrogen-bond donors (Lipinski definition) is 1. The maximum atomic E-state index is 12.5. The summed E-state index contributed by atoms with van der Waals surface area (Å²) in [5.41, 5.74) is 4.55. The van der Waals surface area contributed by atoms with Gasteiger partial charge in [0.15, 0.2) is 5.69 Å². The maximum Gasteiger partial charge on any atom is 0.278 e. The van der Waals surface area contributed by atoms with Crippen molar-refractivity contribution in [1.29, 1.82) is 0 Å². The van der Waals surface area contributed by atoms with Crippen LogP contribution in [-0.4, -0.2) is 20.9 Å². The lowest BCUT2D eigenvalue weighted by atomic mass is 10.2. The van der Waals surface area contributed by atoms with Gasteiger partial charge >= 0.3 is 0 Å². The topological polar surface area (TPSA) is 59.8 Å². The van der Waals surface area contributed by atoms with Crippen molar-refractivity contribution < 1.29 is 4.79 Å². The normalized spacial score (nSPS) is 10.7. The molecule has 3 rings (SSSR count). The first-order chi connectivity index (χ1) is 11.5. The highest BCUT2D eigenvalue weighted by atomic mass is 35.5. The van der Waals surface area contributed by atoms with E-state index in [1.807, 2.05) is 57.2 Å². The number of carbonyl (C=O) groups is 1. The molecule has 6 heteroatoms. The molecule has 5 nitrogen and oxygen atoms in total. The molecule has 1 amide bonds. The molecule has 0 fully saturated rings. The van der Waals surface area contributed by atoms with Crippen molar-refractivity contribution >= 4 is 23.2 Å². The summed E-state index contributed by atoms with van der Waals surface area (Å²) >= 11 is 6.07. The molecule has 0 aliphatic carbocycles. The first kappa shape index (κ1) is 16.2. The molecule has 0 aliphatic heterocycles. The average Bonchev–Trinajstić information content (AvgIpc) is 2.91. The lowest BCUT2D eigenvalue weighted by Gasteiger charge is -2.08. The zero-order chi connectivity index (χ0) is 17.3. The lowest BCUT2D eigenvalue weighted by Crippen LogP contribution is -2.14. The van der Waals surface area contributed by atoms with Gasteiger partial charge in [0.2, 0.25) is 0 Å². The monoisotopic (exact) mass is 340 g/mol. The Balaban J connectivity index is 1.92. The van der Waals surface area contributed by atoms with Crippen LogP contribution in [0.1, 0.15) is 27.3 Å². The van der Waals surface area contributed by atoms with E-state index >= 15 is 0 Å². The fourth-order valence-electron chi connectivity index (χ4n) is 2.49. The largest absolute Gasteiger partial charge is 0.321 e. The SMILES string of the molecule is Cc1cccc(NC(=O)c2nnn(-c3cc(Cl)ccc3C)c2C)c1. The Morgan fingerprint density at radius 2 is 1.92 bits per heavy atom. The first-order valence-corrected chi connectivity index (χ1v) is 7.90. The minimum absolute atomic E-state index is 0.288. The third kappa shape index (κ3) is 3.16. The predicted octanol–water partition coefficient (Wildman–Crippen LogP) is 4.10. The lowest BCUT2D eigenvalue weighted by molar-refractivity contribution is 0.102. The van der Waals surface area contributed by atoms with Crippen LogP contribution in [0.5, 0.6) is 0 Å². The first-order valence-electron chi connectivity index (χ1n) is 7.52. The summed E-state index contributed by atoms with van der Waals surface area (Å²) in [5, 5.41) is 11.6. The molecule has 122 valence electrons. The molecule has 0 saturated carbocycles. The van der Waals surface area contributed by atoms with Crippen molar-refractivity contribution in [2.45, 2.75) is 20.8 Å². The summed E-state index contributed by atoms with van der Waals surface area (Å²) in [6.07, 6.45) is 0. The third-order valence-electron chi connectivity index (χ3n) is 3.78. The molecule has 0 saturated heterocycles. The van der Waals surface area contributed by atoms with Crippen molar-refractivity contribution in [3.63, 3.8) is 0 Å². The van der Waals surface area contributed by atoms with Crippen LogP contribution in [0.15, 0.2) is 42.5 Å². The van der Waals surface area contributed by atoms with E-state index in [4.69, 9.17) is 11.6 Å². The molecule has 0 unspecified atom stereocenters. The number of nitrogens with zero attached hydrogens (tertiary/aromatic N) is 3. The quantitative estimate of drug-likeness (QED) is 0.781. The van der Waals surface area contributed by atoms with Gasteiger partial charge in [0, 0.05) is 10.7 Å². The number of hydrogen-bond acceptors (Lipinski definition) is 3. The van der Waals surface area contributed by atoms with Crippen LogP contribution in [0.4, 0.5) is 5.69 Å². The second-order valence-corrected chi connectivity index (χ2v) is 6.13. The van der Waals surface area contributed by atoms with E-state index in [1.165, 1.54) is 0 Å². The number of aryl methyl sites for hydroxylation is 2. The van der Waals surface area contributed by atoms with Gasteiger partial charge in [0.25, 0.3) is 5.91 Å². The molecule has 1 heterocycles. The number of benzene rings is 2. The van der Waals surface area contributed by atoms with Crippen LogP contribution in [0.3, 0.4) is 0 Å². The van der Waals surface area contributed by atoms with Gasteiger partial charge in [-0.15, -0.1) is 5.10 Å². The molecule has 0 aliphatic rings. The second kappa shape index (κ2) is 6.45. The fraction of sp³-hybridized carbons (Fsp3) is 0.167. The van der Waals surface area contributed by atoms with E-state index in [-0.39, 0.29) is 11.6 Å². The number of nitrogens with one attached hydrogen (secondary N) is 1. The Morgan fingerprint density at radius 3 is 2.67 bits per heavy atom. The molecule has 0 atom stereocenters. The van der Waals surface area contributed by atoms with Gasteiger partial charge in [-0.25, -0.2) is 4.68 Å². The van der Waals surface area contributed by atoms with Crippen LogP contribution in [0, 0.1) is 20.8 Å². The molecular weight excluding hydrogens is 324 g/mol. The Bertz CT molecular complexity index is 917. The molecule has 1 N–H and O–H groups in total. The number of rotatable bonds is 3. The van der Waals surface area contributed by atoms with Gasteiger partial charge in [-0.3, -0.25) is 4.79 Å². The summed E-state index contributed by atoms with van der Waals surface area (Å²) in [7, 11) is 0. The predicted molar refractivity (Wildman–Crippen MR) is 95.0 cm³/mol. The van der Waals surface area contributed by atoms with E-state index in [1.54, 1.807) is 10.7 Å². The van der Waals surface area contributed by atoms with Crippen molar-refractivity contribution in [3.05, 3.63) is 70.0 Å². The van der Waals surface area contributed by atoms with Crippen molar-refractivity contribution in [3.8, 4) is 5.69 Å². The van der Waals surface area contributed by atoms with Crippen LogP contribution in [0.25, 0.3) is 5.69 Å². The standard InChI is InChI=1S/C18H17ClN4O/c1-11-5-4-6-15(9-11)20-18(24)17-13(3)23(22-21-17)16-10-14(19)8-7-12(16)2/h4-10H,1-3H3,(H,20,24). The highest BCUT2D eigenvalue weighted by Crippen LogP contribution is 2.21. The zero-order valence-electron chi connectivity index (χ0n) is 13.7. The van der Waals surface area contributed by atoms with Gasteiger partial charge < -0.3 is 5.32 Å². The summed E-state index contributed by atoms with van der Waals surface area (Å²) in [4.78, 5) is 12.5. The molecule has 24 heavy (non-hydrogen) atoms. The van der Waals surface area contributed by atoms with Gasteiger partial charge in [0.1, 0.15) is 0 Å². The number of amides is 1. The fourth-order valence-corrected chi connectivity index (χ4v) is 2.66. The minimum Gasteiger partial charge on any atom is -0.321 e. The van der Waals surface area contributed by atoms with E-state index in [0.717, 1.165) is 22.5 Å². The second-order valence-electron chi connectivity index (χ2n) is 5.69. The molecule has 2 aromatic carbocycles. The summed E-state index contributed by atoms with van der Waals surface area (Å²) < 4.78 is 1.63. The Hall–Kier alpha value is -2.66. The Labute approximate surface area is 145 Å². The summed E-state index contributed by atoms with van der Waals surface area (Å²) in [6.45, 7) is 5.74. The minimum atomic E-state index is -0.288. The molecule has 3 aromatic rings. The van der Waals surface area contributed by atoms with E-state index in [0.29, 0.717) is 10.7 Å². The number of halogens is 1. The van der Waals surface area contributed by atoms with E-state index < -0.39 is 0 Å². The van der Waals surface area contributed by atoms with E-state index in [9.17, 15) is 4.79 Å². The van der Waals surface area contributed by atoms with Crippen LogP contribution in [-0.2, 0) is 0 Å². The smallest absolute Gasteiger partial charge is 0.278 e. The van der Waals surface area contributed by atoms with Gasteiger partial charge in [-0.2, -0.15) is 0 Å². The maximum absolute atomic E-state index is 12.5. The van der Waals surface area contributed by atoms with Crippen LogP contribution >= 0.6 is 11.6 Å². The van der Waals surface area contributed by atoms with Crippen molar-refractivity contribution in [2.24, 2.45) is 0 Å². The zero-order valence-corrected chi connectivity index (χ0v) is 14.4. The summed E-state index contributed by atoms with van der Waals surface area (Å²) in [6, 6.07) is 13.1. The molecule has 1 aromatic heterocycles.